The number of nitro groups is 1. The fraction of sp³-hybridized carbons (Fsp3) is 0.308. The van der Waals surface area contributed by atoms with E-state index in [2.05, 4.69) is 10.4 Å². The molecule has 7 nitrogen and oxygen atoms in total. The van der Waals surface area contributed by atoms with Crippen molar-refractivity contribution >= 4 is 11.4 Å². The average molecular weight is 276 g/mol. The van der Waals surface area contributed by atoms with Crippen molar-refractivity contribution in [3.8, 4) is 11.6 Å². The second-order valence-corrected chi connectivity index (χ2v) is 4.21. The third kappa shape index (κ3) is 2.56. The first-order valence-electron chi connectivity index (χ1n) is 6.22. The molecule has 2 rings (SSSR count). The summed E-state index contributed by atoms with van der Waals surface area (Å²) in [5.41, 5.74) is 1.28. The molecule has 0 amide bonds. The molecule has 0 aliphatic rings. The zero-order valence-electron chi connectivity index (χ0n) is 11.6. The molecule has 0 aliphatic heterocycles. The van der Waals surface area contributed by atoms with Gasteiger partial charge in [0.15, 0.2) is 0 Å². The third-order valence-electron chi connectivity index (χ3n) is 2.92. The summed E-state index contributed by atoms with van der Waals surface area (Å²) in [5.74, 6) is 0.668. The summed E-state index contributed by atoms with van der Waals surface area (Å²) in [5, 5.41) is 18.3. The fourth-order valence-electron chi connectivity index (χ4n) is 1.89. The minimum atomic E-state index is -0.455. The number of aryl methyl sites for hydroxylation is 2. The zero-order valence-corrected chi connectivity index (χ0v) is 11.6. The molecular formula is C13H16N4O3. The van der Waals surface area contributed by atoms with E-state index in [1.807, 2.05) is 26.1 Å². The molecule has 0 unspecified atom stereocenters. The summed E-state index contributed by atoms with van der Waals surface area (Å²) in [6, 6.07) is 7.15. The first-order chi connectivity index (χ1) is 9.56. The maximum atomic E-state index is 11.2. The fourth-order valence-corrected chi connectivity index (χ4v) is 1.89. The predicted molar refractivity (Wildman–Crippen MR) is 75.3 cm³/mol. The Morgan fingerprint density at radius 3 is 2.55 bits per heavy atom. The van der Waals surface area contributed by atoms with Crippen LogP contribution in [0.15, 0.2) is 24.3 Å². The van der Waals surface area contributed by atoms with Crippen molar-refractivity contribution in [2.24, 2.45) is 7.05 Å². The van der Waals surface area contributed by atoms with Crippen molar-refractivity contribution in [2.75, 3.05) is 12.4 Å². The molecule has 1 heterocycles. The lowest BCUT2D eigenvalue weighted by molar-refractivity contribution is -0.386. The zero-order chi connectivity index (χ0) is 14.7. The summed E-state index contributed by atoms with van der Waals surface area (Å²) in [7, 11) is 3.44. The second kappa shape index (κ2) is 5.60. The van der Waals surface area contributed by atoms with Gasteiger partial charge < -0.3 is 10.1 Å². The number of anilines is 1. The van der Waals surface area contributed by atoms with E-state index in [-0.39, 0.29) is 11.6 Å². The van der Waals surface area contributed by atoms with Crippen LogP contribution in [0.5, 0.6) is 11.6 Å². The second-order valence-electron chi connectivity index (χ2n) is 4.21. The van der Waals surface area contributed by atoms with Crippen molar-refractivity contribution < 1.29 is 9.66 Å². The molecule has 2 aromatic rings. The van der Waals surface area contributed by atoms with E-state index in [4.69, 9.17) is 4.74 Å². The van der Waals surface area contributed by atoms with E-state index >= 15 is 0 Å². The number of hydrogen-bond donors (Lipinski definition) is 1. The quantitative estimate of drug-likeness (QED) is 0.670. The van der Waals surface area contributed by atoms with Crippen molar-refractivity contribution in [1.29, 1.82) is 0 Å². The molecule has 0 fully saturated rings. The minimum absolute atomic E-state index is 0.0762. The van der Waals surface area contributed by atoms with Crippen molar-refractivity contribution in [1.82, 2.24) is 9.78 Å². The van der Waals surface area contributed by atoms with Crippen molar-refractivity contribution in [2.45, 2.75) is 13.3 Å². The molecule has 0 spiro atoms. The Morgan fingerprint density at radius 1 is 1.40 bits per heavy atom. The summed E-state index contributed by atoms with van der Waals surface area (Å²) in [6.45, 7) is 1.82. The summed E-state index contributed by atoms with van der Waals surface area (Å²) in [6.07, 6.45) is 0.478. The number of ether oxygens (including phenoxy) is 1. The molecule has 20 heavy (non-hydrogen) atoms. The standard InChI is InChI=1S/C13H16N4O3/c1-4-11-12(17(18)19)13(16(3)15-11)20-10-7-5-9(14-2)6-8-10/h5-8,14H,4H2,1-3H3. The van der Waals surface area contributed by atoms with Gasteiger partial charge in [0.1, 0.15) is 11.4 Å². The molecular weight excluding hydrogens is 260 g/mol. The highest BCUT2D eigenvalue weighted by atomic mass is 16.6. The van der Waals surface area contributed by atoms with Gasteiger partial charge in [0.05, 0.1) is 4.92 Å². The van der Waals surface area contributed by atoms with Gasteiger partial charge in [0, 0.05) is 19.8 Å². The Kier molecular flexibility index (Phi) is 3.88. The molecule has 0 saturated heterocycles. The van der Waals surface area contributed by atoms with Gasteiger partial charge in [-0.05, 0) is 30.7 Å². The molecule has 1 aromatic heterocycles. The number of nitrogens with zero attached hydrogens (tertiary/aromatic N) is 3. The molecule has 1 N–H and O–H groups in total. The van der Waals surface area contributed by atoms with Crippen LogP contribution in [0.25, 0.3) is 0 Å². The first-order valence-corrected chi connectivity index (χ1v) is 6.22. The van der Waals surface area contributed by atoms with Crippen LogP contribution >= 0.6 is 0 Å². The van der Waals surface area contributed by atoms with E-state index in [1.165, 1.54) is 4.68 Å². The lowest BCUT2D eigenvalue weighted by Gasteiger charge is -2.06. The first kappa shape index (κ1) is 13.9. The number of benzene rings is 1. The Labute approximate surface area is 116 Å². The van der Waals surface area contributed by atoms with Crippen molar-refractivity contribution in [3.05, 3.63) is 40.1 Å². The van der Waals surface area contributed by atoms with Gasteiger partial charge in [-0.15, -0.1) is 0 Å². The van der Waals surface area contributed by atoms with Gasteiger partial charge in [-0.3, -0.25) is 10.1 Å². The molecule has 106 valence electrons. The van der Waals surface area contributed by atoms with E-state index in [9.17, 15) is 10.1 Å². The van der Waals surface area contributed by atoms with Gasteiger partial charge in [0.25, 0.3) is 5.88 Å². The summed E-state index contributed by atoms with van der Waals surface area (Å²) >= 11 is 0. The summed E-state index contributed by atoms with van der Waals surface area (Å²) < 4.78 is 7.01. The smallest absolute Gasteiger partial charge is 0.353 e. The van der Waals surface area contributed by atoms with E-state index in [0.717, 1.165) is 5.69 Å². The Bertz CT molecular complexity index is 619. The van der Waals surface area contributed by atoms with Crippen LogP contribution in [0.2, 0.25) is 0 Å². The van der Waals surface area contributed by atoms with E-state index < -0.39 is 4.92 Å². The molecule has 0 radical (unpaired) electrons. The predicted octanol–water partition coefficient (Wildman–Crippen LogP) is 2.72. The van der Waals surface area contributed by atoms with Crippen LogP contribution < -0.4 is 10.1 Å². The molecule has 0 saturated carbocycles. The summed E-state index contributed by atoms with van der Waals surface area (Å²) in [4.78, 5) is 10.7. The number of rotatable bonds is 5. The SMILES string of the molecule is CCc1nn(C)c(Oc2ccc(NC)cc2)c1[N+](=O)[O-]. The largest absolute Gasteiger partial charge is 0.434 e. The van der Waals surface area contributed by atoms with Gasteiger partial charge in [-0.1, -0.05) is 6.92 Å². The lowest BCUT2D eigenvalue weighted by Crippen LogP contribution is -1.97. The number of hydrogen-bond acceptors (Lipinski definition) is 5. The third-order valence-corrected chi connectivity index (χ3v) is 2.92. The number of nitrogens with one attached hydrogen (secondary N) is 1. The molecule has 0 bridgehead atoms. The van der Waals surface area contributed by atoms with Gasteiger partial charge in [-0.2, -0.15) is 5.10 Å². The highest BCUT2D eigenvalue weighted by Gasteiger charge is 2.27. The van der Waals surface area contributed by atoms with Crippen LogP contribution in [0.3, 0.4) is 0 Å². The van der Waals surface area contributed by atoms with Gasteiger partial charge in [0.2, 0.25) is 0 Å². The topological polar surface area (TPSA) is 82.2 Å². The van der Waals surface area contributed by atoms with E-state index in [1.54, 1.807) is 19.2 Å². The van der Waals surface area contributed by atoms with Gasteiger partial charge >= 0.3 is 5.69 Å². The molecule has 1 aromatic carbocycles. The number of aromatic nitrogens is 2. The lowest BCUT2D eigenvalue weighted by atomic mass is 10.3. The average Bonchev–Trinajstić information content (AvgIpc) is 2.76. The normalized spacial score (nSPS) is 10.3. The van der Waals surface area contributed by atoms with E-state index in [0.29, 0.717) is 17.9 Å². The highest BCUT2D eigenvalue weighted by molar-refractivity contribution is 5.50. The maximum Gasteiger partial charge on any atom is 0.353 e. The van der Waals surface area contributed by atoms with Crippen LogP contribution in [0.1, 0.15) is 12.6 Å². The monoisotopic (exact) mass is 276 g/mol. The van der Waals surface area contributed by atoms with Crippen LogP contribution in [-0.2, 0) is 13.5 Å². The van der Waals surface area contributed by atoms with Crippen LogP contribution in [-0.4, -0.2) is 21.8 Å². The Balaban J connectivity index is 2.36. The maximum absolute atomic E-state index is 11.2. The highest BCUT2D eigenvalue weighted by Crippen LogP contribution is 2.34. The van der Waals surface area contributed by atoms with Crippen LogP contribution in [0.4, 0.5) is 11.4 Å². The van der Waals surface area contributed by atoms with Crippen molar-refractivity contribution in [3.63, 3.8) is 0 Å². The molecule has 0 aliphatic carbocycles. The molecule has 7 heteroatoms. The van der Waals surface area contributed by atoms with Gasteiger partial charge in [-0.25, -0.2) is 4.68 Å². The minimum Gasteiger partial charge on any atom is -0.434 e. The Hall–Kier alpha value is -2.57. The Morgan fingerprint density at radius 2 is 2.05 bits per heavy atom. The van der Waals surface area contributed by atoms with Crippen LogP contribution in [0, 0.1) is 10.1 Å². The molecule has 0 atom stereocenters.